The van der Waals surface area contributed by atoms with Crippen molar-refractivity contribution in [3.05, 3.63) is 40.4 Å². The second kappa shape index (κ2) is 8.11. The maximum absolute atomic E-state index is 13.4. The maximum atomic E-state index is 13.4. The molecule has 1 aliphatic heterocycles. The summed E-state index contributed by atoms with van der Waals surface area (Å²) in [6.45, 7) is 1.95. The number of aryl methyl sites for hydroxylation is 1. The predicted molar refractivity (Wildman–Crippen MR) is 104 cm³/mol. The van der Waals surface area contributed by atoms with E-state index < -0.39 is 23.6 Å². The molecule has 0 bridgehead atoms. The molecule has 3 rings (SSSR count). The lowest BCUT2D eigenvalue weighted by Gasteiger charge is -2.18. The van der Waals surface area contributed by atoms with E-state index in [0.717, 1.165) is 23.5 Å². The van der Waals surface area contributed by atoms with Crippen LogP contribution in [0.25, 0.3) is 0 Å². The van der Waals surface area contributed by atoms with Gasteiger partial charge >= 0.3 is 6.03 Å². The van der Waals surface area contributed by atoms with E-state index in [0.29, 0.717) is 10.6 Å². The summed E-state index contributed by atoms with van der Waals surface area (Å²) in [7, 11) is 3.24. The summed E-state index contributed by atoms with van der Waals surface area (Å²) in [6.07, 6.45) is 0. The number of amides is 4. The number of aromatic nitrogens is 1. The zero-order valence-electron chi connectivity index (χ0n) is 16.0. The Kier molecular flexibility index (Phi) is 5.78. The normalized spacial score (nSPS) is 13.8. The Bertz CT molecular complexity index is 978. The van der Waals surface area contributed by atoms with Crippen molar-refractivity contribution in [2.45, 2.75) is 6.92 Å². The highest BCUT2D eigenvalue weighted by molar-refractivity contribution is 7.17. The maximum Gasteiger partial charge on any atom is 0.325 e. The minimum atomic E-state index is -1.05. The summed E-state index contributed by atoms with van der Waals surface area (Å²) in [5, 5.41) is 2.86. The van der Waals surface area contributed by atoms with Crippen LogP contribution >= 0.6 is 11.3 Å². The van der Waals surface area contributed by atoms with Gasteiger partial charge in [0.2, 0.25) is 5.91 Å². The highest BCUT2D eigenvalue weighted by atomic mass is 32.1. The minimum Gasteiger partial charge on any atom is -0.344 e. The van der Waals surface area contributed by atoms with Crippen LogP contribution in [-0.4, -0.2) is 66.4 Å². The molecule has 0 saturated carbocycles. The molecule has 1 N–H and O–H groups in total. The summed E-state index contributed by atoms with van der Waals surface area (Å²) in [6, 6.07) is 2.72. The molecule has 2 heterocycles. The fraction of sp³-hybridized carbons (Fsp3) is 0.333. The van der Waals surface area contributed by atoms with E-state index in [1.165, 1.54) is 20.8 Å². The quantitative estimate of drug-likeness (QED) is 0.800. The Morgan fingerprint density at radius 2 is 1.97 bits per heavy atom. The largest absolute Gasteiger partial charge is 0.344 e. The van der Waals surface area contributed by atoms with Gasteiger partial charge in [-0.15, -0.1) is 0 Å². The molecule has 0 unspecified atom stereocenters. The number of anilines is 2. The van der Waals surface area contributed by atoms with Gasteiger partial charge in [0, 0.05) is 38.9 Å². The molecule has 0 spiro atoms. The Hall–Kier alpha value is -3.08. The topological polar surface area (TPSA) is 85.9 Å². The van der Waals surface area contributed by atoms with Crippen LogP contribution in [0.1, 0.15) is 15.4 Å². The summed E-state index contributed by atoms with van der Waals surface area (Å²) in [5.74, 6) is -2.73. The molecule has 11 heteroatoms. The zero-order valence-corrected chi connectivity index (χ0v) is 16.8. The number of hydrogen-bond acceptors (Lipinski definition) is 5. The summed E-state index contributed by atoms with van der Waals surface area (Å²) in [5.41, 5.74) is 0.727. The average molecular weight is 423 g/mol. The molecule has 4 amide bonds. The van der Waals surface area contributed by atoms with Gasteiger partial charge in [-0.25, -0.2) is 18.6 Å². The van der Waals surface area contributed by atoms with Crippen LogP contribution in [-0.2, 0) is 4.79 Å². The molecule has 0 aliphatic carbocycles. The average Bonchev–Trinajstić information content (AvgIpc) is 3.19. The van der Waals surface area contributed by atoms with Crippen LogP contribution in [0.4, 0.5) is 24.4 Å². The van der Waals surface area contributed by atoms with Crippen molar-refractivity contribution >= 4 is 40.0 Å². The van der Waals surface area contributed by atoms with Crippen LogP contribution in [0.5, 0.6) is 0 Å². The lowest BCUT2D eigenvalue weighted by atomic mass is 10.3. The molecule has 1 fully saturated rings. The van der Waals surface area contributed by atoms with Gasteiger partial charge in [-0.1, -0.05) is 11.3 Å². The molecular weight excluding hydrogens is 404 g/mol. The number of benzene rings is 1. The van der Waals surface area contributed by atoms with E-state index in [1.807, 2.05) is 0 Å². The van der Waals surface area contributed by atoms with Crippen molar-refractivity contribution in [3.63, 3.8) is 0 Å². The van der Waals surface area contributed by atoms with Gasteiger partial charge in [0.1, 0.15) is 11.4 Å². The van der Waals surface area contributed by atoms with Crippen molar-refractivity contribution < 1.29 is 23.2 Å². The number of urea groups is 1. The van der Waals surface area contributed by atoms with Gasteiger partial charge in [0.25, 0.3) is 5.91 Å². The monoisotopic (exact) mass is 423 g/mol. The number of nitrogens with one attached hydrogen (secondary N) is 1. The molecule has 0 radical (unpaired) electrons. The summed E-state index contributed by atoms with van der Waals surface area (Å²) in [4.78, 5) is 45.5. The van der Waals surface area contributed by atoms with Crippen molar-refractivity contribution in [2.75, 3.05) is 43.9 Å². The van der Waals surface area contributed by atoms with Crippen LogP contribution < -0.4 is 10.2 Å². The first-order chi connectivity index (χ1) is 13.7. The number of hydrogen-bond donors (Lipinski definition) is 1. The number of carbonyl (C=O) groups excluding carboxylic acids is 3. The molecule has 154 valence electrons. The number of thiazole rings is 1. The first kappa shape index (κ1) is 20.6. The van der Waals surface area contributed by atoms with Gasteiger partial charge in [-0.3, -0.25) is 14.5 Å². The first-order valence-corrected chi connectivity index (χ1v) is 9.49. The minimum absolute atomic E-state index is 0.211. The van der Waals surface area contributed by atoms with Crippen LogP contribution in [0.15, 0.2) is 18.2 Å². The second-order valence-electron chi connectivity index (χ2n) is 6.64. The van der Waals surface area contributed by atoms with Gasteiger partial charge in [-0.2, -0.15) is 0 Å². The molecule has 2 aromatic rings. The Morgan fingerprint density at radius 3 is 2.62 bits per heavy atom. The van der Waals surface area contributed by atoms with Crippen LogP contribution in [0, 0.1) is 18.6 Å². The molecule has 1 aromatic carbocycles. The SMILES string of the molecule is Cc1nc(NC(=O)CN2CCN(c3ccc(F)c(F)c3)C2=O)sc1C(=O)N(C)C. The number of nitrogens with zero attached hydrogens (tertiary/aromatic N) is 4. The third-order valence-corrected chi connectivity index (χ3v) is 5.35. The van der Waals surface area contributed by atoms with E-state index >= 15 is 0 Å². The van der Waals surface area contributed by atoms with E-state index in [4.69, 9.17) is 0 Å². The highest BCUT2D eigenvalue weighted by Gasteiger charge is 2.31. The summed E-state index contributed by atoms with van der Waals surface area (Å²) >= 11 is 1.06. The molecule has 1 aliphatic rings. The van der Waals surface area contributed by atoms with Gasteiger partial charge < -0.3 is 15.1 Å². The standard InChI is InChI=1S/C18H19F2N5O3S/c1-10-15(16(27)23(2)3)29-17(21-10)22-14(26)9-24-6-7-25(18(24)28)11-4-5-12(19)13(20)8-11/h4-5,8H,6-7,9H2,1-3H3,(H,21,22,26). The van der Waals surface area contributed by atoms with E-state index in [-0.39, 0.29) is 36.4 Å². The number of rotatable bonds is 5. The lowest BCUT2D eigenvalue weighted by molar-refractivity contribution is -0.116. The second-order valence-corrected chi connectivity index (χ2v) is 7.63. The molecule has 1 saturated heterocycles. The number of carbonyl (C=O) groups is 3. The fourth-order valence-electron chi connectivity index (χ4n) is 2.81. The number of halogens is 2. The lowest BCUT2D eigenvalue weighted by Crippen LogP contribution is -2.37. The Morgan fingerprint density at radius 1 is 1.24 bits per heavy atom. The smallest absolute Gasteiger partial charge is 0.325 e. The molecule has 0 atom stereocenters. The van der Waals surface area contributed by atoms with Gasteiger partial charge in [-0.05, 0) is 19.1 Å². The highest BCUT2D eigenvalue weighted by Crippen LogP contribution is 2.25. The van der Waals surface area contributed by atoms with E-state index in [2.05, 4.69) is 10.3 Å². The van der Waals surface area contributed by atoms with Crippen LogP contribution in [0.3, 0.4) is 0 Å². The third-order valence-electron chi connectivity index (χ3n) is 4.29. The first-order valence-electron chi connectivity index (χ1n) is 8.67. The van der Waals surface area contributed by atoms with Crippen LogP contribution in [0.2, 0.25) is 0 Å². The molecule has 8 nitrogen and oxygen atoms in total. The summed E-state index contributed by atoms with van der Waals surface area (Å²) < 4.78 is 26.5. The van der Waals surface area contributed by atoms with Crippen molar-refractivity contribution in [3.8, 4) is 0 Å². The van der Waals surface area contributed by atoms with Gasteiger partial charge in [0.05, 0.1) is 5.69 Å². The Labute approximate surface area is 169 Å². The fourth-order valence-corrected chi connectivity index (χ4v) is 3.81. The zero-order chi connectivity index (χ0) is 21.3. The van der Waals surface area contributed by atoms with Crippen molar-refractivity contribution in [1.29, 1.82) is 0 Å². The molecule has 1 aromatic heterocycles. The van der Waals surface area contributed by atoms with Crippen molar-refractivity contribution in [2.24, 2.45) is 0 Å². The van der Waals surface area contributed by atoms with E-state index in [9.17, 15) is 23.2 Å². The predicted octanol–water partition coefficient (Wildman–Crippen LogP) is 2.31. The van der Waals surface area contributed by atoms with E-state index in [1.54, 1.807) is 21.0 Å². The molecule has 29 heavy (non-hydrogen) atoms. The molecular formula is C18H19F2N5O3S. The van der Waals surface area contributed by atoms with Gasteiger partial charge in [0.15, 0.2) is 16.8 Å². The Balaban J connectivity index is 1.63. The van der Waals surface area contributed by atoms with Crippen molar-refractivity contribution in [1.82, 2.24) is 14.8 Å². The third kappa shape index (κ3) is 4.34.